The zero-order valence-corrected chi connectivity index (χ0v) is 10.8. The third-order valence-electron chi connectivity index (χ3n) is 3.21. The van der Waals surface area contributed by atoms with Crippen molar-refractivity contribution < 1.29 is 0 Å². The molecule has 1 fully saturated rings. The number of benzene rings is 1. The lowest BCUT2D eigenvalue weighted by atomic mass is 10.4. The van der Waals surface area contributed by atoms with Crippen molar-refractivity contribution in [3.63, 3.8) is 0 Å². The van der Waals surface area contributed by atoms with Gasteiger partial charge in [-0.3, -0.25) is 0 Å². The fraction of sp³-hybridized carbons (Fsp3) is 0.455. The fourth-order valence-corrected chi connectivity index (χ4v) is 22.2. The second-order valence-corrected chi connectivity index (χ2v) is 16.3. The summed E-state index contributed by atoms with van der Waals surface area (Å²) in [6.07, 6.45) is 0. The topological polar surface area (TPSA) is 0 Å². The largest absolute Gasteiger partial charge is 0.0785 e. The van der Waals surface area contributed by atoms with Gasteiger partial charge in [0.05, 0.1) is 8.07 Å². The van der Waals surface area contributed by atoms with Gasteiger partial charge in [0.2, 0.25) is 0 Å². The Balaban J connectivity index is 2.21. The van der Waals surface area contributed by atoms with Gasteiger partial charge in [0.1, 0.15) is 0 Å². The lowest BCUT2D eigenvalue weighted by Gasteiger charge is -2.49. The van der Waals surface area contributed by atoms with Gasteiger partial charge in [-0.05, 0) is 0 Å². The van der Waals surface area contributed by atoms with Gasteiger partial charge in [0.25, 0.3) is 0 Å². The Labute approximate surface area is 83.0 Å². The highest BCUT2D eigenvalue weighted by molar-refractivity contribution is 7.17. The average molecular weight is 206 g/mol. The minimum absolute atomic E-state index is 0.707. The molecule has 0 saturated carbocycles. The Hall–Kier alpha value is -0.346. The van der Waals surface area contributed by atoms with E-state index in [1.807, 2.05) is 0 Å². The molecule has 0 unspecified atom stereocenters. The van der Waals surface area contributed by atoms with E-state index in [2.05, 4.69) is 50.0 Å². The first-order valence-electron chi connectivity index (χ1n) is 5.07. The normalized spacial score (nSPS) is 23.6. The highest BCUT2D eigenvalue weighted by atomic mass is 28.5. The van der Waals surface area contributed by atoms with E-state index in [9.17, 15) is 0 Å². The van der Waals surface area contributed by atoms with Gasteiger partial charge in [-0.1, -0.05) is 66.5 Å². The van der Waals surface area contributed by atoms with Crippen molar-refractivity contribution in [3.8, 4) is 0 Å². The van der Waals surface area contributed by atoms with Crippen LogP contribution in [-0.2, 0) is 0 Å². The average Bonchev–Trinajstić information content (AvgIpc) is 2.02. The Morgan fingerprint density at radius 2 is 1.46 bits per heavy atom. The highest BCUT2D eigenvalue weighted by Gasteiger charge is 2.49. The van der Waals surface area contributed by atoms with Crippen molar-refractivity contribution >= 4 is 21.3 Å². The van der Waals surface area contributed by atoms with Crippen LogP contribution in [0, 0.1) is 0 Å². The van der Waals surface area contributed by atoms with Crippen LogP contribution in [-0.4, -0.2) is 16.1 Å². The Bertz CT molecular complexity index is 295. The predicted octanol–water partition coefficient (Wildman–Crippen LogP) is 2.77. The number of hydrogen-bond donors (Lipinski definition) is 0. The summed E-state index contributed by atoms with van der Waals surface area (Å²) in [5.41, 5.74) is 3.20. The van der Waals surface area contributed by atoms with Gasteiger partial charge in [0.15, 0.2) is 0 Å². The van der Waals surface area contributed by atoms with Crippen LogP contribution in [0.2, 0.25) is 31.0 Å². The minimum Gasteiger partial charge on any atom is -0.0697 e. The van der Waals surface area contributed by atoms with Crippen LogP contribution in [0.1, 0.15) is 0 Å². The summed E-state index contributed by atoms with van der Waals surface area (Å²) >= 11 is 0. The molecule has 1 aliphatic rings. The molecule has 0 spiro atoms. The van der Waals surface area contributed by atoms with E-state index >= 15 is 0 Å². The Kier molecular flexibility index (Phi) is 2.00. The molecule has 0 nitrogen and oxygen atoms in total. The first-order chi connectivity index (χ1) is 6.02. The molecule has 1 saturated heterocycles. The van der Waals surface area contributed by atoms with Crippen LogP contribution in [0.5, 0.6) is 0 Å². The Morgan fingerprint density at radius 1 is 0.923 bits per heavy atom. The molecule has 1 aliphatic heterocycles. The minimum atomic E-state index is -0.947. The van der Waals surface area contributed by atoms with Crippen molar-refractivity contribution in [1.29, 1.82) is 0 Å². The lowest BCUT2D eigenvalue weighted by molar-refractivity contribution is 1.36. The van der Waals surface area contributed by atoms with Gasteiger partial charge >= 0.3 is 0 Å². The molecular weight excluding hydrogens is 188 g/mol. The first kappa shape index (κ1) is 9.22. The summed E-state index contributed by atoms with van der Waals surface area (Å²) in [7, 11) is -1.65. The van der Waals surface area contributed by atoms with E-state index in [4.69, 9.17) is 0 Å². The van der Waals surface area contributed by atoms with E-state index in [-0.39, 0.29) is 0 Å². The second kappa shape index (κ2) is 2.82. The molecule has 70 valence electrons. The third kappa shape index (κ3) is 1.65. The Morgan fingerprint density at radius 3 is 1.92 bits per heavy atom. The molecule has 1 heterocycles. The van der Waals surface area contributed by atoms with Gasteiger partial charge in [-0.15, -0.1) is 0 Å². The molecule has 1 aromatic rings. The summed E-state index contributed by atoms with van der Waals surface area (Å²) < 4.78 is 0. The molecule has 0 bridgehead atoms. The molecule has 0 aliphatic carbocycles. The standard InChI is InChI=1S/C11H18Si2/c1-12(2)9-13(3,10-12)11-7-5-4-6-8-11/h4-8H,9-10H2,1-3H3. The summed E-state index contributed by atoms with van der Waals surface area (Å²) in [6, 6.07) is 11.2. The van der Waals surface area contributed by atoms with Crippen LogP contribution < -0.4 is 5.19 Å². The van der Waals surface area contributed by atoms with Crippen LogP contribution >= 0.6 is 0 Å². The van der Waals surface area contributed by atoms with Gasteiger partial charge in [-0.2, -0.15) is 0 Å². The van der Waals surface area contributed by atoms with E-state index in [1.54, 1.807) is 16.5 Å². The van der Waals surface area contributed by atoms with Crippen LogP contribution in [0.25, 0.3) is 0 Å². The number of hydrogen-bond acceptors (Lipinski definition) is 0. The van der Waals surface area contributed by atoms with Crippen molar-refractivity contribution in [3.05, 3.63) is 30.3 Å². The van der Waals surface area contributed by atoms with Gasteiger partial charge in [0, 0.05) is 8.07 Å². The van der Waals surface area contributed by atoms with Crippen LogP contribution in [0.15, 0.2) is 30.3 Å². The molecule has 0 amide bonds. The van der Waals surface area contributed by atoms with Gasteiger partial charge in [-0.25, -0.2) is 0 Å². The van der Waals surface area contributed by atoms with Crippen molar-refractivity contribution in [2.45, 2.75) is 31.0 Å². The molecule has 0 atom stereocenters. The van der Waals surface area contributed by atoms with E-state index in [0.29, 0.717) is 0 Å². The monoisotopic (exact) mass is 206 g/mol. The highest BCUT2D eigenvalue weighted by Crippen LogP contribution is 2.39. The van der Waals surface area contributed by atoms with Crippen LogP contribution in [0.4, 0.5) is 0 Å². The van der Waals surface area contributed by atoms with Crippen LogP contribution in [0.3, 0.4) is 0 Å². The molecular formula is C11H18Si2. The molecule has 1 aromatic carbocycles. The maximum absolute atomic E-state index is 2.56. The summed E-state index contributed by atoms with van der Waals surface area (Å²) in [5.74, 6) is 0. The van der Waals surface area contributed by atoms with E-state index in [0.717, 1.165) is 0 Å². The molecule has 2 rings (SSSR count). The smallest absolute Gasteiger partial charge is 0.0697 e. The summed E-state index contributed by atoms with van der Waals surface area (Å²) in [4.78, 5) is 0. The third-order valence-corrected chi connectivity index (χ3v) is 18.8. The van der Waals surface area contributed by atoms with Crippen molar-refractivity contribution in [1.82, 2.24) is 0 Å². The molecule has 0 radical (unpaired) electrons. The molecule has 0 aromatic heterocycles. The lowest BCUT2D eigenvalue weighted by Crippen LogP contribution is -2.64. The molecule has 0 N–H and O–H groups in total. The zero-order chi connectivity index (χ0) is 9.53. The SMILES string of the molecule is C[Si]1(C)C[Si](C)(c2ccccc2)C1. The summed E-state index contributed by atoms with van der Waals surface area (Å²) in [5, 5.41) is 1.68. The quantitative estimate of drug-likeness (QED) is 0.620. The van der Waals surface area contributed by atoms with E-state index in [1.165, 1.54) is 0 Å². The van der Waals surface area contributed by atoms with Crippen molar-refractivity contribution in [2.75, 3.05) is 0 Å². The zero-order valence-electron chi connectivity index (χ0n) is 8.80. The van der Waals surface area contributed by atoms with Gasteiger partial charge < -0.3 is 0 Å². The predicted molar refractivity (Wildman–Crippen MR) is 64.8 cm³/mol. The summed E-state index contributed by atoms with van der Waals surface area (Å²) in [6.45, 7) is 7.62. The number of rotatable bonds is 1. The molecule has 13 heavy (non-hydrogen) atoms. The van der Waals surface area contributed by atoms with Crippen molar-refractivity contribution in [2.24, 2.45) is 0 Å². The molecule has 2 heteroatoms. The maximum atomic E-state index is 2.56. The second-order valence-electron chi connectivity index (χ2n) is 5.44. The van der Waals surface area contributed by atoms with E-state index < -0.39 is 16.1 Å². The first-order valence-corrected chi connectivity index (χ1v) is 11.4. The fourth-order valence-electron chi connectivity index (χ4n) is 3.11. The maximum Gasteiger partial charge on any atom is 0.0785 e.